The molecule has 2 unspecified atom stereocenters. The minimum atomic E-state index is 0.0185. The van der Waals surface area contributed by atoms with Crippen molar-refractivity contribution in [3.63, 3.8) is 0 Å². The smallest absolute Gasteiger partial charge is 0.247 e. The van der Waals surface area contributed by atoms with Gasteiger partial charge in [0, 0.05) is 49.4 Å². The third-order valence-corrected chi connectivity index (χ3v) is 6.18. The van der Waals surface area contributed by atoms with Gasteiger partial charge in [0.15, 0.2) is 0 Å². The highest BCUT2D eigenvalue weighted by Crippen LogP contribution is 2.30. The molecule has 6 heteroatoms. The van der Waals surface area contributed by atoms with E-state index in [9.17, 15) is 4.79 Å². The van der Waals surface area contributed by atoms with Gasteiger partial charge in [-0.1, -0.05) is 55.5 Å². The van der Waals surface area contributed by atoms with E-state index in [4.69, 9.17) is 4.98 Å². The third-order valence-electron chi connectivity index (χ3n) is 6.18. The van der Waals surface area contributed by atoms with E-state index in [0.717, 1.165) is 49.3 Å². The summed E-state index contributed by atoms with van der Waals surface area (Å²) in [6.07, 6.45) is 23.3. The molecule has 0 saturated carbocycles. The Kier molecular flexibility index (Phi) is 7.68. The average Bonchev–Trinajstić information content (AvgIpc) is 3.00. The standard InChI is InChI=1S/C27H33N5O/c1-20-18-22-9-3-4-11-24(20)26(33)28-15-5-6-17-32(2)19-21-8-7-10-23(13-12-21)30-27-29-16-14-25(22)31-27/h3,5-12,14,16,20,22H,4,13,15,17-19H2,1-2H3,(H,28,33)(H,29,30,31)/b6-5+,9-3-,24-11+. The maximum Gasteiger partial charge on any atom is 0.247 e. The number of amides is 1. The fourth-order valence-corrected chi connectivity index (χ4v) is 4.39. The van der Waals surface area contributed by atoms with Gasteiger partial charge in [-0.3, -0.25) is 9.69 Å². The van der Waals surface area contributed by atoms with Crippen LogP contribution in [0.25, 0.3) is 0 Å². The van der Waals surface area contributed by atoms with Crippen molar-refractivity contribution in [1.29, 1.82) is 0 Å². The molecule has 0 radical (unpaired) electrons. The van der Waals surface area contributed by atoms with Gasteiger partial charge in [-0.25, -0.2) is 9.97 Å². The van der Waals surface area contributed by atoms with Crippen molar-refractivity contribution in [2.75, 3.05) is 32.0 Å². The van der Waals surface area contributed by atoms with Crippen molar-refractivity contribution in [3.05, 3.63) is 89.5 Å². The van der Waals surface area contributed by atoms with Crippen LogP contribution in [0.3, 0.4) is 0 Å². The van der Waals surface area contributed by atoms with Crippen LogP contribution in [0, 0.1) is 5.92 Å². The summed E-state index contributed by atoms with van der Waals surface area (Å²) in [7, 11) is 2.10. The van der Waals surface area contributed by atoms with Gasteiger partial charge in [-0.2, -0.15) is 0 Å². The number of likely N-dealkylation sites (N-methyl/N-ethyl adjacent to an activating group) is 1. The highest BCUT2D eigenvalue weighted by molar-refractivity contribution is 5.94. The first-order chi connectivity index (χ1) is 16.1. The predicted molar refractivity (Wildman–Crippen MR) is 134 cm³/mol. The largest absolute Gasteiger partial charge is 0.349 e. The van der Waals surface area contributed by atoms with E-state index in [-0.39, 0.29) is 17.7 Å². The number of carbonyl (C=O) groups excluding carboxylic acids is 1. The summed E-state index contributed by atoms with van der Waals surface area (Å²) in [6, 6.07) is 1.98. The molecule has 6 bridgehead atoms. The van der Waals surface area contributed by atoms with E-state index in [1.54, 1.807) is 0 Å². The Morgan fingerprint density at radius 1 is 1.18 bits per heavy atom. The minimum Gasteiger partial charge on any atom is -0.349 e. The highest BCUT2D eigenvalue weighted by atomic mass is 16.1. The third kappa shape index (κ3) is 6.39. The molecule has 0 fully saturated rings. The first kappa shape index (κ1) is 22.9. The molecule has 2 aliphatic carbocycles. The van der Waals surface area contributed by atoms with Crippen molar-refractivity contribution in [2.24, 2.45) is 5.92 Å². The van der Waals surface area contributed by atoms with Crippen LogP contribution in [-0.4, -0.2) is 47.5 Å². The van der Waals surface area contributed by atoms with Crippen LogP contribution < -0.4 is 10.6 Å². The summed E-state index contributed by atoms with van der Waals surface area (Å²) >= 11 is 0. The summed E-state index contributed by atoms with van der Waals surface area (Å²) in [6.45, 7) is 4.35. The molecule has 2 atom stereocenters. The van der Waals surface area contributed by atoms with E-state index in [2.05, 4.69) is 83.1 Å². The fraction of sp³-hybridized carbons (Fsp3) is 0.370. The van der Waals surface area contributed by atoms with Gasteiger partial charge >= 0.3 is 0 Å². The van der Waals surface area contributed by atoms with Crippen molar-refractivity contribution >= 4 is 11.9 Å². The molecule has 1 aromatic heterocycles. The lowest BCUT2D eigenvalue weighted by molar-refractivity contribution is -0.117. The molecule has 6 nitrogen and oxygen atoms in total. The number of anilines is 1. The van der Waals surface area contributed by atoms with E-state index < -0.39 is 0 Å². The first-order valence-electron chi connectivity index (χ1n) is 11.7. The van der Waals surface area contributed by atoms with Crippen molar-refractivity contribution in [3.8, 4) is 0 Å². The number of rotatable bonds is 0. The zero-order valence-corrected chi connectivity index (χ0v) is 19.5. The molecule has 33 heavy (non-hydrogen) atoms. The van der Waals surface area contributed by atoms with Gasteiger partial charge in [-0.15, -0.1) is 0 Å². The number of hydrogen-bond acceptors (Lipinski definition) is 5. The maximum atomic E-state index is 12.9. The van der Waals surface area contributed by atoms with Gasteiger partial charge < -0.3 is 10.6 Å². The van der Waals surface area contributed by atoms with Crippen LogP contribution in [0.15, 0.2) is 83.8 Å². The summed E-state index contributed by atoms with van der Waals surface area (Å²) < 4.78 is 0. The molecule has 172 valence electrons. The lowest BCUT2D eigenvalue weighted by Gasteiger charge is -2.22. The molecule has 1 amide bonds. The van der Waals surface area contributed by atoms with Crippen LogP contribution in [-0.2, 0) is 4.79 Å². The predicted octanol–water partition coefficient (Wildman–Crippen LogP) is 4.27. The van der Waals surface area contributed by atoms with Gasteiger partial charge in [-0.05, 0) is 43.5 Å². The van der Waals surface area contributed by atoms with E-state index in [1.165, 1.54) is 5.57 Å². The van der Waals surface area contributed by atoms with Gasteiger partial charge in [0.1, 0.15) is 0 Å². The monoisotopic (exact) mass is 443 g/mol. The summed E-state index contributed by atoms with van der Waals surface area (Å²) in [5.41, 5.74) is 4.16. The average molecular weight is 444 g/mol. The highest BCUT2D eigenvalue weighted by Gasteiger charge is 2.23. The fourth-order valence-electron chi connectivity index (χ4n) is 4.39. The number of nitrogens with one attached hydrogen (secondary N) is 2. The van der Waals surface area contributed by atoms with E-state index in [1.807, 2.05) is 18.3 Å². The zero-order valence-electron chi connectivity index (χ0n) is 19.5. The Bertz CT molecular complexity index is 1050. The quantitative estimate of drug-likeness (QED) is 0.586. The van der Waals surface area contributed by atoms with Gasteiger partial charge in [0.05, 0.1) is 5.69 Å². The number of fused-ring (bicyclic) bond motifs is 8. The topological polar surface area (TPSA) is 70.2 Å². The Labute approximate surface area is 196 Å². The second-order valence-electron chi connectivity index (χ2n) is 8.91. The normalized spacial score (nSPS) is 28.1. The Balaban J connectivity index is 1.62. The number of allylic oxidation sites excluding steroid dienone is 6. The molecule has 0 spiro atoms. The lowest BCUT2D eigenvalue weighted by atomic mass is 9.85. The van der Waals surface area contributed by atoms with Crippen LogP contribution >= 0.6 is 0 Å². The van der Waals surface area contributed by atoms with E-state index in [0.29, 0.717) is 12.5 Å². The van der Waals surface area contributed by atoms with Crippen LogP contribution in [0.1, 0.15) is 37.8 Å². The molecule has 0 aromatic carbocycles. The number of hydrogen-bond donors (Lipinski definition) is 2. The van der Waals surface area contributed by atoms with Crippen LogP contribution in [0.2, 0.25) is 0 Å². The Hall–Kier alpha value is -3.25. The van der Waals surface area contributed by atoms with Gasteiger partial charge in [0.2, 0.25) is 11.9 Å². The van der Waals surface area contributed by atoms with E-state index >= 15 is 0 Å². The lowest BCUT2D eigenvalue weighted by Crippen LogP contribution is -2.29. The van der Waals surface area contributed by atoms with Crippen molar-refractivity contribution in [1.82, 2.24) is 20.2 Å². The van der Waals surface area contributed by atoms with Crippen molar-refractivity contribution < 1.29 is 4.79 Å². The molecule has 0 saturated heterocycles. The zero-order chi connectivity index (χ0) is 23.0. The van der Waals surface area contributed by atoms with Crippen LogP contribution in [0.5, 0.6) is 0 Å². The number of aromatic nitrogens is 2. The Morgan fingerprint density at radius 2 is 2.09 bits per heavy atom. The molecule has 2 N–H and O–H groups in total. The molecule has 2 heterocycles. The molecule has 1 aliphatic heterocycles. The summed E-state index contributed by atoms with van der Waals surface area (Å²) in [5.74, 6) is 0.892. The summed E-state index contributed by atoms with van der Waals surface area (Å²) in [5, 5.41) is 6.47. The SMILES string of the molecule is CC1CC2/C=C\C/C=C\1C(=O)NC/C=C/CN(C)CC1=CCC(=CC=C1)Nc1nccc2n1. The molecule has 4 rings (SSSR count). The molecule has 3 aliphatic rings. The minimum absolute atomic E-state index is 0.0185. The second-order valence-corrected chi connectivity index (χ2v) is 8.91. The molecular formula is C27H33N5O. The first-order valence-corrected chi connectivity index (χ1v) is 11.7. The number of nitrogens with zero attached hydrogens (tertiary/aromatic N) is 3. The van der Waals surface area contributed by atoms with Crippen molar-refractivity contribution in [2.45, 2.75) is 32.1 Å². The number of carbonyl (C=O) groups is 1. The maximum absolute atomic E-state index is 12.9. The Morgan fingerprint density at radius 3 is 3.00 bits per heavy atom. The summed E-state index contributed by atoms with van der Waals surface area (Å²) in [4.78, 5) is 24.4. The molecule has 1 aromatic rings. The van der Waals surface area contributed by atoms with Crippen LogP contribution in [0.4, 0.5) is 5.95 Å². The van der Waals surface area contributed by atoms with Gasteiger partial charge in [0.25, 0.3) is 0 Å². The second kappa shape index (κ2) is 11.1. The molecular weight excluding hydrogens is 410 g/mol.